The Bertz CT molecular complexity index is 993. The first kappa shape index (κ1) is 19.4. The molecule has 0 fully saturated rings. The van der Waals surface area contributed by atoms with Crippen LogP contribution in [0.4, 0.5) is 11.4 Å². The first-order chi connectivity index (χ1) is 13.5. The van der Waals surface area contributed by atoms with Gasteiger partial charge in [-0.15, -0.1) is 0 Å². The van der Waals surface area contributed by atoms with Gasteiger partial charge in [0.2, 0.25) is 0 Å². The molecule has 7 heteroatoms. The molecule has 0 unspecified atom stereocenters. The number of hydrogen-bond donors (Lipinski definition) is 1. The molecule has 0 aliphatic carbocycles. The van der Waals surface area contributed by atoms with Crippen molar-refractivity contribution in [1.29, 1.82) is 0 Å². The van der Waals surface area contributed by atoms with E-state index < -0.39 is 10.8 Å². The maximum absolute atomic E-state index is 12.3. The fourth-order valence-electron chi connectivity index (χ4n) is 2.70. The summed E-state index contributed by atoms with van der Waals surface area (Å²) in [6.45, 7) is -0.359. The summed E-state index contributed by atoms with van der Waals surface area (Å²) >= 11 is 5.78. The second kappa shape index (κ2) is 9.01. The monoisotopic (exact) mass is 396 g/mol. The van der Waals surface area contributed by atoms with Gasteiger partial charge >= 0.3 is 5.69 Å². The molecular formula is C21H17ClN2O4. The van der Waals surface area contributed by atoms with Gasteiger partial charge in [0.1, 0.15) is 0 Å². The summed E-state index contributed by atoms with van der Waals surface area (Å²) in [6, 6.07) is 21.4. The van der Waals surface area contributed by atoms with Gasteiger partial charge < -0.3 is 10.1 Å². The number of anilines is 1. The molecule has 0 spiro atoms. The second-order valence-electron chi connectivity index (χ2n) is 6.03. The number of amides is 1. The molecule has 1 amide bonds. The number of carbonyl (C=O) groups excluding carboxylic acids is 1. The largest absolute Gasteiger partial charge is 0.477 e. The van der Waals surface area contributed by atoms with Crippen LogP contribution in [0.3, 0.4) is 0 Å². The minimum absolute atomic E-state index is 0.0119. The van der Waals surface area contributed by atoms with E-state index in [0.717, 1.165) is 11.1 Å². The molecule has 3 aromatic carbocycles. The molecule has 1 N–H and O–H groups in total. The van der Waals surface area contributed by atoms with Crippen LogP contribution in [0.25, 0.3) is 0 Å². The van der Waals surface area contributed by atoms with Crippen LogP contribution in [-0.4, -0.2) is 17.4 Å². The van der Waals surface area contributed by atoms with Gasteiger partial charge in [-0.3, -0.25) is 14.9 Å². The van der Waals surface area contributed by atoms with E-state index >= 15 is 0 Å². The molecule has 0 radical (unpaired) electrons. The Labute approximate surface area is 166 Å². The number of halogens is 1. The van der Waals surface area contributed by atoms with Gasteiger partial charge in [-0.25, -0.2) is 0 Å². The molecule has 0 atom stereocenters. The molecule has 0 heterocycles. The molecule has 28 heavy (non-hydrogen) atoms. The first-order valence-electron chi connectivity index (χ1n) is 8.51. The van der Waals surface area contributed by atoms with E-state index in [1.165, 1.54) is 18.2 Å². The summed E-state index contributed by atoms with van der Waals surface area (Å²) in [6.07, 6.45) is 0.667. The molecule has 0 aliphatic heterocycles. The van der Waals surface area contributed by atoms with Gasteiger partial charge in [0, 0.05) is 16.8 Å². The lowest BCUT2D eigenvalue weighted by molar-refractivity contribution is -0.385. The van der Waals surface area contributed by atoms with Gasteiger partial charge in [0.25, 0.3) is 5.91 Å². The van der Waals surface area contributed by atoms with Crippen molar-refractivity contribution in [3.63, 3.8) is 0 Å². The van der Waals surface area contributed by atoms with Crippen molar-refractivity contribution in [2.24, 2.45) is 0 Å². The molecule has 3 aromatic rings. The van der Waals surface area contributed by atoms with Crippen LogP contribution >= 0.6 is 11.6 Å². The molecule has 0 saturated carbocycles. The number of nitrogens with zero attached hydrogens (tertiary/aromatic N) is 1. The Morgan fingerprint density at radius 1 is 1.04 bits per heavy atom. The number of nitro groups is 1. The Balaban J connectivity index is 1.67. The van der Waals surface area contributed by atoms with Crippen molar-refractivity contribution in [3.05, 3.63) is 99.1 Å². The number of ether oxygens (including phenoxy) is 1. The van der Waals surface area contributed by atoms with Crippen LogP contribution in [0.1, 0.15) is 11.1 Å². The van der Waals surface area contributed by atoms with E-state index in [9.17, 15) is 14.9 Å². The van der Waals surface area contributed by atoms with E-state index in [4.69, 9.17) is 16.3 Å². The SMILES string of the molecule is O=C(COc1ccc(Cl)cc1[N+](=O)[O-])Nc1ccccc1Cc1ccccc1. The first-order valence-corrected chi connectivity index (χ1v) is 8.89. The Morgan fingerprint density at radius 3 is 2.50 bits per heavy atom. The lowest BCUT2D eigenvalue weighted by atomic mass is 10.0. The van der Waals surface area contributed by atoms with Crippen molar-refractivity contribution in [2.75, 3.05) is 11.9 Å². The number of nitro benzene ring substituents is 1. The van der Waals surface area contributed by atoms with Gasteiger partial charge in [-0.2, -0.15) is 0 Å². The number of nitrogens with one attached hydrogen (secondary N) is 1. The second-order valence-corrected chi connectivity index (χ2v) is 6.46. The highest BCUT2D eigenvalue weighted by Gasteiger charge is 2.17. The summed E-state index contributed by atoms with van der Waals surface area (Å²) in [7, 11) is 0. The predicted octanol–water partition coefficient (Wildman–Crippen LogP) is 4.86. The van der Waals surface area contributed by atoms with Crippen LogP contribution in [0.15, 0.2) is 72.8 Å². The van der Waals surface area contributed by atoms with E-state index in [1.54, 1.807) is 6.07 Å². The predicted molar refractivity (Wildman–Crippen MR) is 108 cm³/mol. The fraction of sp³-hybridized carbons (Fsp3) is 0.0952. The smallest absolute Gasteiger partial charge is 0.312 e. The average Bonchev–Trinajstić information content (AvgIpc) is 2.69. The van der Waals surface area contributed by atoms with Crippen molar-refractivity contribution in [2.45, 2.75) is 6.42 Å². The minimum Gasteiger partial charge on any atom is -0.477 e. The Kier molecular flexibility index (Phi) is 6.24. The van der Waals surface area contributed by atoms with Crippen molar-refractivity contribution in [3.8, 4) is 5.75 Å². The third kappa shape index (κ3) is 5.08. The highest BCUT2D eigenvalue weighted by Crippen LogP contribution is 2.30. The number of rotatable bonds is 7. The molecule has 0 aliphatic rings. The zero-order chi connectivity index (χ0) is 19.9. The van der Waals surface area contributed by atoms with Crippen molar-refractivity contribution >= 4 is 28.9 Å². The van der Waals surface area contributed by atoms with Crippen LogP contribution < -0.4 is 10.1 Å². The summed E-state index contributed by atoms with van der Waals surface area (Å²) in [4.78, 5) is 22.8. The van der Waals surface area contributed by atoms with Crippen LogP contribution in [0.5, 0.6) is 5.75 Å². The Hall–Kier alpha value is -3.38. The Morgan fingerprint density at radius 2 is 1.75 bits per heavy atom. The third-order valence-corrected chi connectivity index (χ3v) is 4.24. The minimum atomic E-state index is -0.603. The van der Waals surface area contributed by atoms with E-state index in [0.29, 0.717) is 12.1 Å². The molecule has 142 valence electrons. The highest BCUT2D eigenvalue weighted by molar-refractivity contribution is 6.30. The molecule has 6 nitrogen and oxygen atoms in total. The van der Waals surface area contributed by atoms with E-state index in [1.807, 2.05) is 48.5 Å². The van der Waals surface area contributed by atoms with Crippen molar-refractivity contribution < 1.29 is 14.5 Å². The molecule has 0 aromatic heterocycles. The normalized spacial score (nSPS) is 10.3. The van der Waals surface area contributed by atoms with Gasteiger partial charge in [-0.1, -0.05) is 60.1 Å². The number of benzene rings is 3. The molecule has 0 saturated heterocycles. The zero-order valence-electron chi connectivity index (χ0n) is 14.8. The molecule has 3 rings (SSSR count). The number of para-hydroxylation sites is 1. The van der Waals surface area contributed by atoms with Gasteiger partial charge in [-0.05, 0) is 35.7 Å². The topological polar surface area (TPSA) is 81.5 Å². The molecular weight excluding hydrogens is 380 g/mol. The number of hydrogen-bond acceptors (Lipinski definition) is 4. The van der Waals surface area contributed by atoms with E-state index in [2.05, 4.69) is 5.32 Å². The van der Waals surface area contributed by atoms with Crippen LogP contribution in [-0.2, 0) is 11.2 Å². The van der Waals surface area contributed by atoms with Gasteiger partial charge in [0.05, 0.1) is 4.92 Å². The summed E-state index contributed by atoms with van der Waals surface area (Å²) < 4.78 is 5.33. The quantitative estimate of drug-likeness (QED) is 0.457. The van der Waals surface area contributed by atoms with Crippen LogP contribution in [0, 0.1) is 10.1 Å². The van der Waals surface area contributed by atoms with E-state index in [-0.39, 0.29) is 23.1 Å². The third-order valence-electron chi connectivity index (χ3n) is 4.01. The van der Waals surface area contributed by atoms with Gasteiger partial charge in [0.15, 0.2) is 12.4 Å². The maximum atomic E-state index is 12.3. The average molecular weight is 397 g/mol. The lowest BCUT2D eigenvalue weighted by Gasteiger charge is -2.12. The fourth-order valence-corrected chi connectivity index (χ4v) is 2.86. The summed E-state index contributed by atoms with van der Waals surface area (Å²) in [5.41, 5.74) is 2.46. The standard InChI is InChI=1S/C21H17ClN2O4/c22-17-10-11-20(19(13-17)24(26)27)28-14-21(25)23-18-9-5-4-8-16(18)12-15-6-2-1-3-7-15/h1-11,13H,12,14H2,(H,23,25). The van der Waals surface area contributed by atoms with Crippen molar-refractivity contribution in [1.82, 2.24) is 0 Å². The molecule has 0 bridgehead atoms. The highest BCUT2D eigenvalue weighted by atomic mass is 35.5. The number of carbonyl (C=O) groups is 1. The van der Waals surface area contributed by atoms with Crippen LogP contribution in [0.2, 0.25) is 5.02 Å². The maximum Gasteiger partial charge on any atom is 0.312 e. The zero-order valence-corrected chi connectivity index (χ0v) is 15.6. The lowest BCUT2D eigenvalue weighted by Crippen LogP contribution is -2.21. The summed E-state index contributed by atoms with van der Waals surface area (Å²) in [5, 5.41) is 14.1. The summed E-state index contributed by atoms with van der Waals surface area (Å²) in [5.74, 6) is -0.424.